The number of nitrogens with zero attached hydrogens (tertiary/aromatic N) is 1. The lowest BCUT2D eigenvalue weighted by Gasteiger charge is -2.25. The fourth-order valence-corrected chi connectivity index (χ4v) is 1.80. The first-order valence-corrected chi connectivity index (χ1v) is 7.82. The number of guanidine groups is 1. The van der Waals surface area contributed by atoms with E-state index in [0.717, 1.165) is 6.42 Å². The van der Waals surface area contributed by atoms with Crippen LogP contribution in [-0.4, -0.2) is 44.9 Å². The SMILES string of the molecule is CCC(CNC(=NC)NCC(C)(C)OC)Oc1cccc(F)c1.I. The average Bonchev–Trinajstić information content (AvgIpc) is 2.53. The minimum Gasteiger partial charge on any atom is -0.489 e. The first kappa shape index (κ1) is 22.9. The van der Waals surface area contributed by atoms with Crippen LogP contribution in [0.25, 0.3) is 0 Å². The molecule has 0 aromatic heterocycles. The average molecular weight is 453 g/mol. The molecule has 1 aromatic carbocycles. The predicted octanol–water partition coefficient (Wildman–Crippen LogP) is 3.19. The monoisotopic (exact) mass is 453 g/mol. The van der Waals surface area contributed by atoms with Gasteiger partial charge in [0, 0.05) is 26.8 Å². The Morgan fingerprint density at radius 2 is 2.04 bits per heavy atom. The number of nitrogens with one attached hydrogen (secondary N) is 2. The fraction of sp³-hybridized carbons (Fsp3) is 0.588. The van der Waals surface area contributed by atoms with Crippen LogP contribution >= 0.6 is 24.0 Å². The van der Waals surface area contributed by atoms with Gasteiger partial charge < -0.3 is 20.1 Å². The van der Waals surface area contributed by atoms with Gasteiger partial charge in [-0.15, -0.1) is 24.0 Å². The summed E-state index contributed by atoms with van der Waals surface area (Å²) in [5.74, 6) is 0.906. The Kier molecular flexibility index (Phi) is 10.9. The van der Waals surface area contributed by atoms with E-state index in [-0.39, 0.29) is 41.5 Å². The molecule has 138 valence electrons. The van der Waals surface area contributed by atoms with E-state index in [1.165, 1.54) is 12.1 Å². The van der Waals surface area contributed by atoms with Crippen molar-refractivity contribution in [3.05, 3.63) is 30.1 Å². The molecule has 0 saturated heterocycles. The van der Waals surface area contributed by atoms with Crippen LogP contribution < -0.4 is 15.4 Å². The quantitative estimate of drug-likeness (QED) is 0.361. The summed E-state index contributed by atoms with van der Waals surface area (Å²) in [5, 5.41) is 6.43. The number of hydrogen-bond donors (Lipinski definition) is 2. The summed E-state index contributed by atoms with van der Waals surface area (Å²) < 4.78 is 24.4. The van der Waals surface area contributed by atoms with Crippen LogP contribution in [-0.2, 0) is 4.74 Å². The van der Waals surface area contributed by atoms with E-state index in [9.17, 15) is 4.39 Å². The van der Waals surface area contributed by atoms with Crippen molar-refractivity contribution in [2.45, 2.75) is 38.9 Å². The van der Waals surface area contributed by atoms with Gasteiger partial charge in [0.15, 0.2) is 5.96 Å². The molecule has 0 spiro atoms. The van der Waals surface area contributed by atoms with E-state index < -0.39 is 0 Å². The first-order valence-electron chi connectivity index (χ1n) is 7.82. The summed E-state index contributed by atoms with van der Waals surface area (Å²) in [6.07, 6.45) is 0.718. The molecule has 0 aliphatic heterocycles. The second-order valence-electron chi connectivity index (χ2n) is 5.88. The van der Waals surface area contributed by atoms with Gasteiger partial charge in [0.25, 0.3) is 0 Å². The van der Waals surface area contributed by atoms with Gasteiger partial charge in [0.2, 0.25) is 0 Å². The topological polar surface area (TPSA) is 54.9 Å². The fourth-order valence-electron chi connectivity index (χ4n) is 1.80. The van der Waals surface area contributed by atoms with Crippen LogP contribution in [0.4, 0.5) is 4.39 Å². The van der Waals surface area contributed by atoms with E-state index in [2.05, 4.69) is 15.6 Å². The Bertz CT molecular complexity index is 512. The zero-order valence-corrected chi connectivity index (χ0v) is 17.4. The Hall–Kier alpha value is -1.09. The van der Waals surface area contributed by atoms with Gasteiger partial charge in [-0.25, -0.2) is 4.39 Å². The summed E-state index contributed by atoms with van der Waals surface area (Å²) >= 11 is 0. The van der Waals surface area contributed by atoms with E-state index in [0.29, 0.717) is 24.8 Å². The normalized spacial score (nSPS) is 13.0. The zero-order valence-electron chi connectivity index (χ0n) is 15.1. The van der Waals surface area contributed by atoms with Gasteiger partial charge in [-0.2, -0.15) is 0 Å². The number of ether oxygens (including phenoxy) is 2. The Labute approximate surface area is 161 Å². The molecule has 0 aliphatic carbocycles. The number of benzene rings is 1. The van der Waals surface area contributed by atoms with Gasteiger partial charge in [-0.1, -0.05) is 13.0 Å². The third-order valence-corrected chi connectivity index (χ3v) is 3.51. The largest absolute Gasteiger partial charge is 0.489 e. The van der Waals surface area contributed by atoms with Crippen molar-refractivity contribution in [1.82, 2.24) is 10.6 Å². The number of methoxy groups -OCH3 is 1. The van der Waals surface area contributed by atoms with Gasteiger partial charge in [0.05, 0.1) is 12.1 Å². The van der Waals surface area contributed by atoms with Crippen LogP contribution in [0.5, 0.6) is 5.75 Å². The van der Waals surface area contributed by atoms with Gasteiger partial charge in [-0.3, -0.25) is 4.99 Å². The number of rotatable bonds is 8. The maximum absolute atomic E-state index is 13.2. The second kappa shape index (κ2) is 11.5. The highest BCUT2D eigenvalue weighted by Crippen LogP contribution is 2.14. The molecule has 0 amide bonds. The zero-order chi connectivity index (χ0) is 17.3. The number of aliphatic imine (C=N–C) groups is 1. The van der Waals surface area contributed by atoms with Gasteiger partial charge in [0.1, 0.15) is 17.7 Å². The van der Waals surface area contributed by atoms with Crippen molar-refractivity contribution in [1.29, 1.82) is 0 Å². The van der Waals surface area contributed by atoms with Gasteiger partial charge in [-0.05, 0) is 32.4 Å². The molecule has 0 radical (unpaired) electrons. The molecule has 0 aliphatic rings. The van der Waals surface area contributed by atoms with Crippen molar-refractivity contribution in [2.24, 2.45) is 4.99 Å². The molecule has 1 rings (SSSR count). The molecule has 5 nitrogen and oxygen atoms in total. The van der Waals surface area contributed by atoms with Crippen LogP contribution in [0.3, 0.4) is 0 Å². The molecule has 0 saturated carbocycles. The van der Waals surface area contributed by atoms with Crippen molar-refractivity contribution in [3.8, 4) is 5.75 Å². The molecule has 0 bridgehead atoms. The van der Waals surface area contributed by atoms with Crippen LogP contribution in [0.15, 0.2) is 29.3 Å². The molecule has 0 fully saturated rings. The summed E-state index contributed by atoms with van der Waals surface area (Å²) in [7, 11) is 3.39. The highest BCUT2D eigenvalue weighted by Gasteiger charge is 2.17. The molecular formula is C17H29FIN3O2. The maximum atomic E-state index is 13.2. The minimum atomic E-state index is -0.301. The molecule has 1 aromatic rings. The Morgan fingerprint density at radius 1 is 1.33 bits per heavy atom. The molecule has 0 heterocycles. The van der Waals surface area contributed by atoms with E-state index in [4.69, 9.17) is 9.47 Å². The van der Waals surface area contributed by atoms with Crippen molar-refractivity contribution >= 4 is 29.9 Å². The third kappa shape index (κ3) is 8.68. The van der Waals surface area contributed by atoms with Crippen LogP contribution in [0.1, 0.15) is 27.2 Å². The van der Waals surface area contributed by atoms with Gasteiger partial charge >= 0.3 is 0 Å². The van der Waals surface area contributed by atoms with E-state index >= 15 is 0 Å². The molecule has 7 heteroatoms. The van der Waals surface area contributed by atoms with Crippen molar-refractivity contribution < 1.29 is 13.9 Å². The standard InChI is InChI=1S/C17H28FN3O2.HI/c1-6-14(23-15-9-7-8-13(18)10-15)11-20-16(19-4)21-12-17(2,3)22-5;/h7-10,14H,6,11-12H2,1-5H3,(H2,19,20,21);1H. The Morgan fingerprint density at radius 3 is 2.58 bits per heavy atom. The van der Waals surface area contributed by atoms with E-state index in [1.54, 1.807) is 26.3 Å². The highest BCUT2D eigenvalue weighted by atomic mass is 127. The smallest absolute Gasteiger partial charge is 0.191 e. The second-order valence-corrected chi connectivity index (χ2v) is 5.88. The number of hydrogen-bond acceptors (Lipinski definition) is 3. The molecule has 1 atom stereocenters. The van der Waals surface area contributed by atoms with Crippen LogP contribution in [0.2, 0.25) is 0 Å². The van der Waals surface area contributed by atoms with E-state index in [1.807, 2.05) is 20.8 Å². The molecular weight excluding hydrogens is 424 g/mol. The molecule has 24 heavy (non-hydrogen) atoms. The highest BCUT2D eigenvalue weighted by molar-refractivity contribution is 14.0. The number of halogens is 2. The summed E-state index contributed by atoms with van der Waals surface area (Å²) in [5.41, 5.74) is -0.278. The lowest BCUT2D eigenvalue weighted by Crippen LogP contribution is -2.47. The maximum Gasteiger partial charge on any atom is 0.191 e. The minimum absolute atomic E-state index is 0. The van der Waals surface area contributed by atoms with Crippen molar-refractivity contribution in [2.75, 3.05) is 27.2 Å². The van der Waals surface area contributed by atoms with Crippen LogP contribution in [0, 0.1) is 5.82 Å². The third-order valence-electron chi connectivity index (χ3n) is 3.51. The Balaban J connectivity index is 0.00000529. The molecule has 2 N–H and O–H groups in total. The van der Waals surface area contributed by atoms with Crippen molar-refractivity contribution in [3.63, 3.8) is 0 Å². The summed E-state index contributed by atoms with van der Waals surface area (Å²) in [6, 6.07) is 6.17. The lowest BCUT2D eigenvalue weighted by atomic mass is 10.1. The summed E-state index contributed by atoms with van der Waals surface area (Å²) in [6.45, 7) is 7.21. The summed E-state index contributed by atoms with van der Waals surface area (Å²) in [4.78, 5) is 4.18. The lowest BCUT2D eigenvalue weighted by molar-refractivity contribution is 0.0268. The molecule has 1 unspecified atom stereocenters. The predicted molar refractivity (Wildman–Crippen MR) is 107 cm³/mol. The first-order chi connectivity index (χ1) is 10.9.